The second kappa shape index (κ2) is 4.00. The first-order valence-electron chi connectivity index (χ1n) is 4.78. The van der Waals surface area contributed by atoms with E-state index in [0.29, 0.717) is 0 Å². The van der Waals surface area contributed by atoms with Gasteiger partial charge in [-0.25, -0.2) is 0 Å². The minimum atomic E-state index is -4.55. The molecule has 0 aromatic carbocycles. The number of carbonyl (C=O) groups is 1. The number of nitrogens with one attached hydrogen (secondary N) is 1. The van der Waals surface area contributed by atoms with E-state index in [1.165, 1.54) is 13.8 Å². The number of ether oxygens (including phenoxy) is 1. The van der Waals surface area contributed by atoms with E-state index in [4.69, 9.17) is 0 Å². The Balaban J connectivity index is 2.87. The highest BCUT2D eigenvalue weighted by Crippen LogP contribution is 2.44. The standard InChI is InChI=1S/C9H14F3NO2/c1-6(2)15-7(14)8(9(10,11)12)3-4-13-5-8/h6,13H,3-5H2,1-2H3. The van der Waals surface area contributed by atoms with Crippen LogP contribution in [0.15, 0.2) is 0 Å². The fourth-order valence-corrected chi connectivity index (χ4v) is 1.55. The lowest BCUT2D eigenvalue weighted by Gasteiger charge is -2.29. The average Bonchev–Trinajstić information content (AvgIpc) is 2.49. The molecule has 0 radical (unpaired) electrons. The highest BCUT2D eigenvalue weighted by atomic mass is 19.4. The largest absolute Gasteiger partial charge is 0.462 e. The van der Waals surface area contributed by atoms with Gasteiger partial charge in [-0.15, -0.1) is 0 Å². The van der Waals surface area contributed by atoms with Crippen LogP contribution in [0.2, 0.25) is 0 Å². The van der Waals surface area contributed by atoms with Crippen LogP contribution in [0.25, 0.3) is 0 Å². The molecule has 0 aliphatic carbocycles. The number of hydrogen-bond acceptors (Lipinski definition) is 3. The van der Waals surface area contributed by atoms with Crippen molar-refractivity contribution in [2.75, 3.05) is 13.1 Å². The molecule has 6 heteroatoms. The molecular weight excluding hydrogens is 211 g/mol. The van der Waals surface area contributed by atoms with E-state index in [9.17, 15) is 18.0 Å². The van der Waals surface area contributed by atoms with Crippen molar-refractivity contribution in [2.45, 2.75) is 32.5 Å². The van der Waals surface area contributed by atoms with Gasteiger partial charge >= 0.3 is 12.1 Å². The Morgan fingerprint density at radius 1 is 1.47 bits per heavy atom. The Hall–Kier alpha value is -0.780. The minimum Gasteiger partial charge on any atom is -0.462 e. The van der Waals surface area contributed by atoms with Crippen LogP contribution in [0.1, 0.15) is 20.3 Å². The van der Waals surface area contributed by atoms with Crippen molar-refractivity contribution >= 4 is 5.97 Å². The summed E-state index contributed by atoms with van der Waals surface area (Å²) in [5.74, 6) is -1.17. The van der Waals surface area contributed by atoms with Crippen LogP contribution in [0.5, 0.6) is 0 Å². The van der Waals surface area contributed by atoms with Crippen LogP contribution < -0.4 is 5.32 Å². The maximum Gasteiger partial charge on any atom is 0.406 e. The first-order chi connectivity index (χ1) is 6.79. The lowest BCUT2D eigenvalue weighted by atomic mass is 9.86. The van der Waals surface area contributed by atoms with Gasteiger partial charge in [-0.3, -0.25) is 4.79 Å². The molecule has 1 aliphatic heterocycles. The molecule has 1 heterocycles. The summed E-state index contributed by atoms with van der Waals surface area (Å²) < 4.78 is 43.0. The number of alkyl halides is 3. The summed E-state index contributed by atoms with van der Waals surface area (Å²) in [7, 11) is 0. The van der Waals surface area contributed by atoms with Crippen LogP contribution in [-0.4, -0.2) is 31.3 Å². The maximum absolute atomic E-state index is 12.8. The Kier molecular flexibility index (Phi) is 3.28. The van der Waals surface area contributed by atoms with Crippen molar-refractivity contribution in [3.8, 4) is 0 Å². The second-order valence-electron chi connectivity index (χ2n) is 3.96. The molecule has 0 saturated carbocycles. The summed E-state index contributed by atoms with van der Waals surface area (Å²) in [6.45, 7) is 2.86. The third-order valence-electron chi connectivity index (χ3n) is 2.43. The van der Waals surface area contributed by atoms with Crippen molar-refractivity contribution in [2.24, 2.45) is 5.41 Å². The molecule has 1 unspecified atom stereocenters. The Morgan fingerprint density at radius 3 is 2.40 bits per heavy atom. The summed E-state index contributed by atoms with van der Waals surface area (Å²) >= 11 is 0. The van der Waals surface area contributed by atoms with Gasteiger partial charge in [0.15, 0.2) is 5.41 Å². The molecule has 0 spiro atoms. The van der Waals surface area contributed by atoms with Crippen molar-refractivity contribution < 1.29 is 22.7 Å². The van der Waals surface area contributed by atoms with Gasteiger partial charge in [-0.1, -0.05) is 0 Å². The van der Waals surface area contributed by atoms with E-state index >= 15 is 0 Å². The number of rotatable bonds is 2. The van der Waals surface area contributed by atoms with Crippen molar-refractivity contribution in [3.05, 3.63) is 0 Å². The summed E-state index contributed by atoms with van der Waals surface area (Å²) in [6.07, 6.45) is -5.33. The van der Waals surface area contributed by atoms with E-state index in [2.05, 4.69) is 10.1 Å². The smallest absolute Gasteiger partial charge is 0.406 e. The topological polar surface area (TPSA) is 38.3 Å². The molecule has 1 atom stereocenters. The highest BCUT2D eigenvalue weighted by Gasteiger charge is 2.62. The predicted octanol–water partition coefficient (Wildman–Crippen LogP) is 1.48. The molecule has 15 heavy (non-hydrogen) atoms. The van der Waals surface area contributed by atoms with Crippen LogP contribution in [0, 0.1) is 5.41 Å². The highest BCUT2D eigenvalue weighted by molar-refractivity contribution is 5.78. The van der Waals surface area contributed by atoms with Gasteiger partial charge in [-0.2, -0.15) is 13.2 Å². The third-order valence-corrected chi connectivity index (χ3v) is 2.43. The number of halogens is 3. The number of carbonyl (C=O) groups excluding carboxylic acids is 1. The van der Waals surface area contributed by atoms with Gasteiger partial charge in [0.2, 0.25) is 0 Å². The monoisotopic (exact) mass is 225 g/mol. The third kappa shape index (κ3) is 2.25. The Labute approximate surface area is 86.0 Å². The zero-order chi connectivity index (χ0) is 11.7. The molecule has 1 fully saturated rings. The molecule has 0 bridgehead atoms. The van der Waals surface area contributed by atoms with E-state index in [1.807, 2.05) is 0 Å². The Morgan fingerprint density at radius 2 is 2.07 bits per heavy atom. The SMILES string of the molecule is CC(C)OC(=O)C1(C(F)(F)F)CCNC1. The molecule has 88 valence electrons. The van der Waals surface area contributed by atoms with Crippen LogP contribution in [0.3, 0.4) is 0 Å². The summed E-state index contributed by atoms with van der Waals surface area (Å²) in [6, 6.07) is 0. The number of hydrogen-bond donors (Lipinski definition) is 1. The van der Waals surface area contributed by atoms with E-state index in [1.54, 1.807) is 0 Å². The molecule has 0 aromatic heterocycles. The summed E-state index contributed by atoms with van der Waals surface area (Å²) in [5, 5.41) is 2.55. The quantitative estimate of drug-likeness (QED) is 0.723. The van der Waals surface area contributed by atoms with E-state index in [-0.39, 0.29) is 19.5 Å². The zero-order valence-electron chi connectivity index (χ0n) is 8.65. The zero-order valence-corrected chi connectivity index (χ0v) is 8.65. The summed E-state index contributed by atoms with van der Waals surface area (Å²) in [4.78, 5) is 11.4. The van der Waals surface area contributed by atoms with E-state index < -0.39 is 23.7 Å². The lowest BCUT2D eigenvalue weighted by molar-refractivity contribution is -0.231. The molecule has 1 aliphatic rings. The maximum atomic E-state index is 12.8. The van der Waals surface area contributed by atoms with Gasteiger partial charge in [0.05, 0.1) is 6.10 Å². The lowest BCUT2D eigenvalue weighted by Crippen LogP contribution is -2.48. The first kappa shape index (κ1) is 12.3. The van der Waals surface area contributed by atoms with E-state index in [0.717, 1.165) is 0 Å². The van der Waals surface area contributed by atoms with Crippen LogP contribution in [-0.2, 0) is 9.53 Å². The van der Waals surface area contributed by atoms with Gasteiger partial charge in [0.25, 0.3) is 0 Å². The molecule has 1 saturated heterocycles. The molecule has 1 N–H and O–H groups in total. The number of esters is 1. The molecule has 0 aromatic rings. The normalized spacial score (nSPS) is 27.1. The van der Waals surface area contributed by atoms with Crippen LogP contribution in [0.4, 0.5) is 13.2 Å². The molecular formula is C9H14F3NO2. The van der Waals surface area contributed by atoms with Crippen molar-refractivity contribution in [3.63, 3.8) is 0 Å². The van der Waals surface area contributed by atoms with Crippen molar-refractivity contribution in [1.29, 1.82) is 0 Å². The van der Waals surface area contributed by atoms with Gasteiger partial charge in [0.1, 0.15) is 0 Å². The second-order valence-corrected chi connectivity index (χ2v) is 3.96. The fourth-order valence-electron chi connectivity index (χ4n) is 1.55. The fraction of sp³-hybridized carbons (Fsp3) is 0.889. The Bertz CT molecular complexity index is 244. The van der Waals surface area contributed by atoms with Crippen LogP contribution >= 0.6 is 0 Å². The van der Waals surface area contributed by atoms with Gasteiger partial charge < -0.3 is 10.1 Å². The predicted molar refractivity (Wildman–Crippen MR) is 47.2 cm³/mol. The first-order valence-corrected chi connectivity index (χ1v) is 4.78. The average molecular weight is 225 g/mol. The molecule has 0 amide bonds. The van der Waals surface area contributed by atoms with Gasteiger partial charge in [-0.05, 0) is 26.8 Å². The molecule has 1 rings (SSSR count). The minimum absolute atomic E-state index is 0.187. The summed E-state index contributed by atoms with van der Waals surface area (Å²) in [5.41, 5.74) is -2.35. The van der Waals surface area contributed by atoms with Gasteiger partial charge in [0, 0.05) is 6.54 Å². The molecule has 3 nitrogen and oxygen atoms in total. The van der Waals surface area contributed by atoms with Crippen molar-refractivity contribution in [1.82, 2.24) is 5.32 Å².